The van der Waals surface area contributed by atoms with Crippen LogP contribution in [0.5, 0.6) is 11.5 Å². The van der Waals surface area contributed by atoms with Gasteiger partial charge in [0, 0.05) is 5.56 Å². The lowest BCUT2D eigenvalue weighted by atomic mass is 9.82. The van der Waals surface area contributed by atoms with E-state index < -0.39 is 5.54 Å². The van der Waals surface area contributed by atoms with Crippen LogP contribution in [0.3, 0.4) is 0 Å². The minimum Gasteiger partial charge on any atom is -0.504 e. The Morgan fingerprint density at radius 1 is 0.679 bits per heavy atom. The van der Waals surface area contributed by atoms with Crippen LogP contribution < -0.4 is 5.06 Å². The van der Waals surface area contributed by atoms with Crippen molar-refractivity contribution < 1.29 is 15.4 Å². The zero-order valence-corrected chi connectivity index (χ0v) is 18.7. The first kappa shape index (κ1) is 22.1. The van der Waals surface area contributed by atoms with Gasteiger partial charge in [0.25, 0.3) is 0 Å². The number of anilines is 1. The molecular weight excluding hydrogens is 350 g/mol. The average molecular weight is 386 g/mol. The molecule has 0 fully saturated rings. The van der Waals surface area contributed by atoms with E-state index in [-0.39, 0.29) is 22.3 Å². The van der Waals surface area contributed by atoms with E-state index in [1.807, 2.05) is 59.7 Å². The van der Waals surface area contributed by atoms with Crippen LogP contribution >= 0.6 is 0 Å². The summed E-state index contributed by atoms with van der Waals surface area (Å²) in [7, 11) is 0. The number of hydrogen-bond donors (Lipinski definition) is 3. The summed E-state index contributed by atoms with van der Waals surface area (Å²) >= 11 is 0. The normalized spacial score (nSPS) is 12.9. The number of hydrogen-bond acceptors (Lipinski definition) is 4. The highest BCUT2D eigenvalue weighted by molar-refractivity contribution is 5.74. The minimum absolute atomic E-state index is 0.0816. The molecule has 0 aromatic heterocycles. The monoisotopic (exact) mass is 385 g/mol. The molecular formula is C24H35NO3. The first-order valence-electron chi connectivity index (χ1n) is 9.73. The van der Waals surface area contributed by atoms with E-state index in [1.54, 1.807) is 6.07 Å². The molecule has 0 radical (unpaired) electrons. The largest absolute Gasteiger partial charge is 0.504 e. The number of phenolic OH excluding ortho intramolecular Hbond substituents is 2. The van der Waals surface area contributed by atoms with E-state index in [4.69, 9.17) is 0 Å². The summed E-state index contributed by atoms with van der Waals surface area (Å²) in [4.78, 5) is 0. The molecule has 0 amide bonds. The topological polar surface area (TPSA) is 63.9 Å². The second-order valence-corrected chi connectivity index (χ2v) is 10.6. The summed E-state index contributed by atoms with van der Waals surface area (Å²) in [6.07, 6.45) is 0. The first-order valence-corrected chi connectivity index (χ1v) is 9.73. The first-order chi connectivity index (χ1) is 12.5. The third-order valence-corrected chi connectivity index (χ3v) is 4.89. The molecule has 0 saturated carbocycles. The van der Waals surface area contributed by atoms with Crippen molar-refractivity contribution in [2.45, 2.75) is 78.7 Å². The molecule has 0 spiro atoms. The summed E-state index contributed by atoms with van der Waals surface area (Å²) in [6, 6.07) is 9.49. The Labute approximate surface area is 169 Å². The van der Waals surface area contributed by atoms with Gasteiger partial charge in [0.15, 0.2) is 11.5 Å². The van der Waals surface area contributed by atoms with Crippen molar-refractivity contribution in [2.75, 3.05) is 5.06 Å². The summed E-state index contributed by atoms with van der Waals surface area (Å²) < 4.78 is 0. The van der Waals surface area contributed by atoms with E-state index in [0.29, 0.717) is 11.3 Å². The predicted molar refractivity (Wildman–Crippen MR) is 117 cm³/mol. The molecule has 4 heteroatoms. The van der Waals surface area contributed by atoms with Crippen LogP contribution in [-0.2, 0) is 10.8 Å². The standard InChI is InChI=1S/C24H35NO3/c1-22(2,3)17-10-15(11-18(14-17)25(28)24(7,8)9)16-12-19(23(4,5)6)21(27)20(26)13-16/h10-14,26-28H,1-9H3. The fourth-order valence-electron chi connectivity index (χ4n) is 3.08. The molecule has 0 unspecified atom stereocenters. The molecule has 0 saturated heterocycles. The Bertz CT molecular complexity index is 865. The van der Waals surface area contributed by atoms with Crippen LogP contribution in [0.1, 0.15) is 73.4 Å². The molecule has 0 aliphatic carbocycles. The van der Waals surface area contributed by atoms with Crippen LogP contribution in [0.2, 0.25) is 0 Å². The van der Waals surface area contributed by atoms with Crippen LogP contribution in [0.15, 0.2) is 30.3 Å². The quantitative estimate of drug-likeness (QED) is 0.416. The number of rotatable bonds is 2. The SMILES string of the molecule is CC(C)(C)c1cc(-c2cc(O)c(O)c(C(C)(C)C)c2)cc(N(O)C(C)(C)C)c1. The second kappa shape index (κ2) is 7.00. The molecule has 0 heterocycles. The molecule has 0 atom stereocenters. The number of phenols is 2. The van der Waals surface area contributed by atoms with Gasteiger partial charge in [-0.1, -0.05) is 47.6 Å². The van der Waals surface area contributed by atoms with Gasteiger partial charge in [-0.05, 0) is 72.6 Å². The third kappa shape index (κ3) is 4.61. The van der Waals surface area contributed by atoms with Crippen molar-refractivity contribution in [1.82, 2.24) is 0 Å². The fraction of sp³-hybridized carbons (Fsp3) is 0.500. The lowest BCUT2D eigenvalue weighted by molar-refractivity contribution is 0.181. The molecule has 3 N–H and O–H groups in total. The molecule has 0 aliphatic heterocycles. The highest BCUT2D eigenvalue weighted by atomic mass is 16.5. The molecule has 4 nitrogen and oxygen atoms in total. The van der Waals surface area contributed by atoms with E-state index in [2.05, 4.69) is 26.8 Å². The lowest BCUT2D eigenvalue weighted by Gasteiger charge is -2.33. The van der Waals surface area contributed by atoms with Gasteiger partial charge in [-0.25, -0.2) is 0 Å². The van der Waals surface area contributed by atoms with Crippen molar-refractivity contribution >= 4 is 5.69 Å². The lowest BCUT2D eigenvalue weighted by Crippen LogP contribution is -2.38. The van der Waals surface area contributed by atoms with E-state index in [9.17, 15) is 15.4 Å². The van der Waals surface area contributed by atoms with Gasteiger partial charge in [-0.15, -0.1) is 0 Å². The Balaban J connectivity index is 2.77. The summed E-state index contributed by atoms with van der Waals surface area (Å²) in [6.45, 7) is 18.2. The highest BCUT2D eigenvalue weighted by Gasteiger charge is 2.25. The van der Waals surface area contributed by atoms with Gasteiger partial charge in [-0.2, -0.15) is 0 Å². The predicted octanol–water partition coefficient (Wildman–Crippen LogP) is 6.35. The fourth-order valence-corrected chi connectivity index (χ4v) is 3.08. The van der Waals surface area contributed by atoms with Crippen LogP contribution in [0, 0.1) is 0 Å². The Morgan fingerprint density at radius 3 is 1.68 bits per heavy atom. The van der Waals surface area contributed by atoms with E-state index >= 15 is 0 Å². The number of aromatic hydroxyl groups is 2. The van der Waals surface area contributed by atoms with Crippen molar-refractivity contribution in [2.24, 2.45) is 0 Å². The molecule has 2 aromatic rings. The molecule has 0 bridgehead atoms. The second-order valence-electron chi connectivity index (χ2n) is 10.6. The Morgan fingerprint density at radius 2 is 1.21 bits per heavy atom. The summed E-state index contributed by atoms with van der Waals surface area (Å²) in [5.41, 5.74) is 3.24. The Hall–Kier alpha value is -2.20. The Kier molecular flexibility index (Phi) is 5.52. The molecule has 154 valence electrons. The molecule has 0 aliphatic rings. The zero-order chi connectivity index (χ0) is 21.7. The molecule has 2 rings (SSSR count). The van der Waals surface area contributed by atoms with Crippen molar-refractivity contribution in [1.29, 1.82) is 0 Å². The van der Waals surface area contributed by atoms with Crippen molar-refractivity contribution in [3.63, 3.8) is 0 Å². The van der Waals surface area contributed by atoms with Crippen molar-refractivity contribution in [3.8, 4) is 22.6 Å². The highest BCUT2D eigenvalue weighted by Crippen LogP contribution is 2.42. The molecule has 28 heavy (non-hydrogen) atoms. The maximum absolute atomic E-state index is 10.7. The smallest absolute Gasteiger partial charge is 0.161 e. The average Bonchev–Trinajstić information content (AvgIpc) is 2.53. The van der Waals surface area contributed by atoms with Gasteiger partial charge in [-0.3, -0.25) is 10.3 Å². The maximum atomic E-state index is 10.7. The minimum atomic E-state index is -0.457. The number of hydroxylamine groups is 1. The number of nitrogens with zero attached hydrogens (tertiary/aromatic N) is 1. The van der Waals surface area contributed by atoms with E-state index in [0.717, 1.165) is 16.7 Å². The van der Waals surface area contributed by atoms with E-state index in [1.165, 1.54) is 5.06 Å². The van der Waals surface area contributed by atoms with Crippen LogP contribution in [0.4, 0.5) is 5.69 Å². The van der Waals surface area contributed by atoms with Crippen molar-refractivity contribution in [3.05, 3.63) is 41.5 Å². The summed E-state index contributed by atoms with van der Waals surface area (Å²) in [5, 5.41) is 32.7. The summed E-state index contributed by atoms with van der Waals surface area (Å²) in [5.74, 6) is -0.219. The molecule has 2 aromatic carbocycles. The maximum Gasteiger partial charge on any atom is 0.161 e. The van der Waals surface area contributed by atoms with Gasteiger partial charge < -0.3 is 10.2 Å². The van der Waals surface area contributed by atoms with Crippen LogP contribution in [0.25, 0.3) is 11.1 Å². The number of benzene rings is 2. The van der Waals surface area contributed by atoms with Gasteiger partial charge in [0.1, 0.15) is 0 Å². The van der Waals surface area contributed by atoms with Crippen LogP contribution in [-0.4, -0.2) is 21.0 Å². The van der Waals surface area contributed by atoms with Gasteiger partial charge in [0.2, 0.25) is 0 Å². The zero-order valence-electron chi connectivity index (χ0n) is 18.7. The third-order valence-electron chi connectivity index (χ3n) is 4.89. The van der Waals surface area contributed by atoms with Gasteiger partial charge in [0.05, 0.1) is 11.2 Å². The van der Waals surface area contributed by atoms with Gasteiger partial charge >= 0.3 is 0 Å².